The van der Waals surface area contributed by atoms with Crippen molar-refractivity contribution >= 4 is 11.6 Å². The molecular weight excluding hydrogens is 312 g/mol. The summed E-state index contributed by atoms with van der Waals surface area (Å²) in [5, 5.41) is 3.09. The number of carbonyl (C=O) groups excluding carboxylic acids is 1. The van der Waals surface area contributed by atoms with Gasteiger partial charge in [0.15, 0.2) is 0 Å². The van der Waals surface area contributed by atoms with Crippen molar-refractivity contribution in [2.24, 2.45) is 11.5 Å². The van der Waals surface area contributed by atoms with Gasteiger partial charge in [-0.1, -0.05) is 42.5 Å². The van der Waals surface area contributed by atoms with Crippen LogP contribution < -0.4 is 16.8 Å². The highest BCUT2D eigenvalue weighted by molar-refractivity contribution is 5.96. The molecule has 132 valence electrons. The molecule has 1 heterocycles. The lowest BCUT2D eigenvalue weighted by Gasteiger charge is -2.27. The van der Waals surface area contributed by atoms with Gasteiger partial charge in [0.25, 0.3) is 0 Å². The number of carbonyl (C=O) groups is 1. The van der Waals surface area contributed by atoms with Crippen LogP contribution in [0.3, 0.4) is 0 Å². The molecule has 3 atom stereocenters. The van der Waals surface area contributed by atoms with Crippen molar-refractivity contribution in [3.8, 4) is 0 Å². The summed E-state index contributed by atoms with van der Waals surface area (Å²) < 4.78 is 0. The summed E-state index contributed by atoms with van der Waals surface area (Å²) in [4.78, 5) is 15.2. The van der Waals surface area contributed by atoms with E-state index >= 15 is 0 Å². The second kappa shape index (κ2) is 7.35. The highest BCUT2D eigenvalue weighted by Gasteiger charge is 2.36. The molecule has 0 bridgehead atoms. The largest absolute Gasteiger partial charge is 0.325 e. The van der Waals surface area contributed by atoms with Crippen LogP contribution in [0, 0.1) is 13.8 Å². The zero-order valence-corrected chi connectivity index (χ0v) is 14.8. The molecule has 0 radical (unpaired) electrons. The van der Waals surface area contributed by atoms with E-state index in [0.29, 0.717) is 13.1 Å². The van der Waals surface area contributed by atoms with Crippen molar-refractivity contribution in [1.82, 2.24) is 4.90 Å². The third-order valence-corrected chi connectivity index (χ3v) is 4.82. The Hall–Kier alpha value is -2.21. The summed E-state index contributed by atoms with van der Waals surface area (Å²) in [6.07, 6.45) is 0. The number of amides is 1. The summed E-state index contributed by atoms with van der Waals surface area (Å²) in [5.74, 6) is -0.0544. The van der Waals surface area contributed by atoms with Crippen LogP contribution in [-0.4, -0.2) is 36.0 Å². The maximum Gasteiger partial charge on any atom is 0.246 e. The number of nitrogens with two attached hydrogens (primary N) is 2. The van der Waals surface area contributed by atoms with E-state index in [2.05, 4.69) is 10.2 Å². The SMILES string of the molecule is Cc1ccc(C)c(NC(=O)C(c2ccccc2)N2C[C@@H](N)[C@H](N)C2)c1. The maximum atomic E-state index is 13.1. The molecule has 5 heteroatoms. The Morgan fingerprint density at radius 1 is 1.08 bits per heavy atom. The molecule has 0 spiro atoms. The number of nitrogens with zero attached hydrogens (tertiary/aromatic N) is 1. The predicted molar refractivity (Wildman–Crippen MR) is 101 cm³/mol. The van der Waals surface area contributed by atoms with Gasteiger partial charge in [-0.05, 0) is 36.6 Å². The minimum Gasteiger partial charge on any atom is -0.325 e. The van der Waals surface area contributed by atoms with Crippen LogP contribution in [-0.2, 0) is 4.79 Å². The fourth-order valence-corrected chi connectivity index (χ4v) is 3.33. The van der Waals surface area contributed by atoms with Gasteiger partial charge in [0, 0.05) is 30.9 Å². The number of anilines is 1. The second-order valence-corrected chi connectivity index (χ2v) is 6.90. The number of aryl methyl sites for hydroxylation is 2. The molecule has 1 unspecified atom stereocenters. The lowest BCUT2D eigenvalue weighted by atomic mass is 10.0. The predicted octanol–water partition coefficient (Wildman–Crippen LogP) is 1.95. The van der Waals surface area contributed by atoms with Crippen molar-refractivity contribution in [2.45, 2.75) is 32.0 Å². The van der Waals surface area contributed by atoms with Gasteiger partial charge >= 0.3 is 0 Å². The van der Waals surface area contributed by atoms with Gasteiger partial charge in [0.2, 0.25) is 5.91 Å². The molecule has 1 aliphatic rings. The zero-order chi connectivity index (χ0) is 18.0. The van der Waals surface area contributed by atoms with Crippen molar-refractivity contribution in [3.05, 3.63) is 65.2 Å². The van der Waals surface area contributed by atoms with Crippen molar-refractivity contribution < 1.29 is 4.79 Å². The number of hydrogen-bond acceptors (Lipinski definition) is 4. The fraction of sp³-hybridized carbons (Fsp3) is 0.350. The van der Waals surface area contributed by atoms with Gasteiger partial charge in [-0.25, -0.2) is 0 Å². The number of hydrogen-bond donors (Lipinski definition) is 3. The van der Waals surface area contributed by atoms with Crippen LogP contribution in [0.15, 0.2) is 48.5 Å². The summed E-state index contributed by atoms with van der Waals surface area (Å²) in [7, 11) is 0. The van der Waals surface area contributed by atoms with Gasteiger partial charge in [0.05, 0.1) is 0 Å². The molecule has 3 rings (SSSR count). The van der Waals surface area contributed by atoms with E-state index in [4.69, 9.17) is 11.5 Å². The smallest absolute Gasteiger partial charge is 0.246 e. The highest BCUT2D eigenvalue weighted by atomic mass is 16.2. The normalized spacial score (nSPS) is 21.9. The highest BCUT2D eigenvalue weighted by Crippen LogP contribution is 2.27. The maximum absolute atomic E-state index is 13.1. The Morgan fingerprint density at radius 2 is 1.72 bits per heavy atom. The second-order valence-electron chi connectivity index (χ2n) is 6.90. The summed E-state index contributed by atoms with van der Waals surface area (Å²) in [5.41, 5.74) is 16.1. The third kappa shape index (κ3) is 3.90. The van der Waals surface area contributed by atoms with E-state index < -0.39 is 6.04 Å². The molecular formula is C20H26N4O. The molecule has 2 aromatic carbocycles. The summed E-state index contributed by atoms with van der Waals surface area (Å²) in [6, 6.07) is 15.2. The Labute approximate surface area is 149 Å². The molecule has 0 aliphatic carbocycles. The van der Waals surface area contributed by atoms with Crippen LogP contribution in [0.1, 0.15) is 22.7 Å². The number of rotatable bonds is 4. The van der Waals surface area contributed by atoms with Gasteiger partial charge in [-0.15, -0.1) is 0 Å². The molecule has 1 aliphatic heterocycles. The molecule has 5 nitrogen and oxygen atoms in total. The minimum absolute atomic E-state index is 0.0544. The molecule has 1 fully saturated rings. The van der Waals surface area contributed by atoms with E-state index in [0.717, 1.165) is 22.4 Å². The van der Waals surface area contributed by atoms with Crippen LogP contribution in [0.25, 0.3) is 0 Å². The van der Waals surface area contributed by atoms with E-state index in [9.17, 15) is 4.79 Å². The molecule has 1 amide bonds. The molecule has 0 aromatic heterocycles. The molecule has 2 aromatic rings. The van der Waals surface area contributed by atoms with Crippen molar-refractivity contribution in [2.75, 3.05) is 18.4 Å². The minimum atomic E-state index is -0.402. The zero-order valence-electron chi connectivity index (χ0n) is 14.8. The van der Waals surface area contributed by atoms with E-state index in [1.54, 1.807) is 0 Å². The topological polar surface area (TPSA) is 84.4 Å². The quantitative estimate of drug-likeness (QED) is 0.795. The monoisotopic (exact) mass is 338 g/mol. The lowest BCUT2D eigenvalue weighted by Crippen LogP contribution is -2.39. The van der Waals surface area contributed by atoms with Gasteiger partial charge < -0.3 is 16.8 Å². The van der Waals surface area contributed by atoms with Crippen molar-refractivity contribution in [3.63, 3.8) is 0 Å². The molecule has 5 N–H and O–H groups in total. The van der Waals surface area contributed by atoms with Crippen molar-refractivity contribution in [1.29, 1.82) is 0 Å². The van der Waals surface area contributed by atoms with Gasteiger partial charge in [-0.2, -0.15) is 0 Å². The van der Waals surface area contributed by atoms with Gasteiger partial charge in [-0.3, -0.25) is 9.69 Å². The Bertz CT molecular complexity index is 737. The molecule has 1 saturated heterocycles. The molecule has 25 heavy (non-hydrogen) atoms. The number of likely N-dealkylation sites (tertiary alicyclic amines) is 1. The average Bonchev–Trinajstić information content (AvgIpc) is 2.91. The summed E-state index contributed by atoms with van der Waals surface area (Å²) >= 11 is 0. The summed E-state index contributed by atoms with van der Waals surface area (Å²) in [6.45, 7) is 5.23. The van der Waals surface area contributed by atoms with E-state index in [1.165, 1.54) is 0 Å². The van der Waals surface area contributed by atoms with Crippen LogP contribution in [0.2, 0.25) is 0 Å². The van der Waals surface area contributed by atoms with E-state index in [1.807, 2.05) is 62.4 Å². The molecule has 0 saturated carbocycles. The Kier molecular flexibility index (Phi) is 5.18. The fourth-order valence-electron chi connectivity index (χ4n) is 3.33. The Balaban J connectivity index is 1.89. The van der Waals surface area contributed by atoms with Crippen LogP contribution in [0.4, 0.5) is 5.69 Å². The van der Waals surface area contributed by atoms with Gasteiger partial charge in [0.1, 0.15) is 6.04 Å². The standard InChI is InChI=1S/C20H26N4O/c1-13-8-9-14(2)18(10-13)23-20(25)19(15-6-4-3-5-7-15)24-11-16(21)17(22)12-24/h3-10,16-17,19H,11-12,21-22H2,1-2H3,(H,23,25)/t16-,17-,19?/m1/s1. The first kappa shape index (κ1) is 17.6. The first-order chi connectivity index (χ1) is 12.0. The average molecular weight is 338 g/mol. The van der Waals surface area contributed by atoms with Crippen LogP contribution >= 0.6 is 0 Å². The first-order valence-electron chi connectivity index (χ1n) is 8.64. The number of benzene rings is 2. The lowest BCUT2D eigenvalue weighted by molar-refractivity contribution is -0.121. The van der Waals surface area contributed by atoms with Crippen LogP contribution in [0.5, 0.6) is 0 Å². The Morgan fingerprint density at radius 3 is 2.36 bits per heavy atom. The van der Waals surface area contributed by atoms with E-state index in [-0.39, 0.29) is 18.0 Å². The number of nitrogens with one attached hydrogen (secondary N) is 1. The third-order valence-electron chi connectivity index (χ3n) is 4.82. The first-order valence-corrected chi connectivity index (χ1v) is 8.64.